The molecule has 2 unspecified atom stereocenters. The van der Waals surface area contributed by atoms with Crippen LogP contribution in [0.2, 0.25) is 0 Å². The molecule has 2 aromatic rings. The van der Waals surface area contributed by atoms with Crippen molar-refractivity contribution in [2.75, 3.05) is 6.61 Å². The maximum Gasteiger partial charge on any atom is 0.298 e. The van der Waals surface area contributed by atoms with Crippen LogP contribution in [0.3, 0.4) is 0 Å². The van der Waals surface area contributed by atoms with Gasteiger partial charge in [-0.1, -0.05) is 41.4 Å². The lowest BCUT2D eigenvalue weighted by Gasteiger charge is -2.41. The lowest BCUT2D eigenvalue weighted by Crippen LogP contribution is -2.60. The Morgan fingerprint density at radius 2 is 1.73 bits per heavy atom. The Labute approximate surface area is 224 Å². The van der Waals surface area contributed by atoms with Crippen molar-refractivity contribution >= 4 is 31.9 Å². The number of carbonyl (C=O) groups is 1. The Balaban J connectivity index is 1.64. The molecule has 2 heterocycles. The Kier molecular flexibility index (Phi) is 8.57. The van der Waals surface area contributed by atoms with Gasteiger partial charge in [-0.25, -0.2) is 8.42 Å². The van der Waals surface area contributed by atoms with Gasteiger partial charge in [0.15, 0.2) is 6.04 Å². The molecule has 37 heavy (non-hydrogen) atoms. The third-order valence-corrected chi connectivity index (χ3v) is 9.00. The van der Waals surface area contributed by atoms with E-state index in [2.05, 4.69) is 20.7 Å². The van der Waals surface area contributed by atoms with Crippen LogP contribution >= 0.6 is 15.9 Å². The van der Waals surface area contributed by atoms with E-state index in [0.29, 0.717) is 42.5 Å². The number of piperidine rings is 1. The summed E-state index contributed by atoms with van der Waals surface area (Å²) < 4.78 is 66.7. The summed E-state index contributed by atoms with van der Waals surface area (Å²) in [6, 6.07) is 7.74. The van der Waals surface area contributed by atoms with Gasteiger partial charge in [0.25, 0.3) is 5.92 Å². The number of alkyl halides is 2. The number of halogens is 3. The molecule has 0 aliphatic carbocycles. The van der Waals surface area contributed by atoms with E-state index in [1.807, 2.05) is 6.92 Å². The topological polar surface area (TPSA) is 102 Å². The van der Waals surface area contributed by atoms with Gasteiger partial charge in [0, 0.05) is 28.2 Å². The van der Waals surface area contributed by atoms with Gasteiger partial charge in [-0.05, 0) is 68.5 Å². The van der Waals surface area contributed by atoms with Crippen LogP contribution in [0.25, 0.3) is 0 Å². The first-order valence-electron chi connectivity index (χ1n) is 12.5. The molecule has 0 aromatic heterocycles. The first-order chi connectivity index (χ1) is 17.5. The molecule has 0 spiro atoms. The van der Waals surface area contributed by atoms with E-state index >= 15 is 8.78 Å². The molecule has 3 N–H and O–H groups in total. The van der Waals surface area contributed by atoms with Crippen LogP contribution in [0, 0.1) is 0 Å². The fraction of sp³-hybridized carbons (Fsp3) is 0.500. The first-order valence-corrected chi connectivity index (χ1v) is 14.8. The van der Waals surface area contributed by atoms with Crippen LogP contribution < -0.4 is 15.2 Å². The molecule has 2 aliphatic rings. The molecule has 2 bridgehead atoms. The number of hydrogen-bond acceptors (Lipinski definition) is 5. The number of nitrogens with two attached hydrogens (primary N) is 1. The number of amides is 1. The molecular formula is C26H32BrF2N3O4S. The fourth-order valence-corrected chi connectivity index (χ4v) is 6.57. The summed E-state index contributed by atoms with van der Waals surface area (Å²) in [4.78, 5) is 14.9. The standard InChI is InChI=1S/C26H32BrF2N3O4S/c1-2-3-14-36-22-10-12-23(13-11-22)37(34,35)31-24(26(28,29)17-4-6-18(27)7-5-17)25(33)32-20-8-9-21(32)16-19(30)15-20/h4-7,10-13,19-21,24,31H,2-3,8-9,14-16,30H2,1H3/t19?,20?,21?,24-/m0/s1. The molecule has 2 aliphatic heterocycles. The number of sulfonamides is 1. The van der Waals surface area contributed by atoms with Crippen LogP contribution in [0.5, 0.6) is 5.75 Å². The molecular weight excluding hydrogens is 568 g/mol. The van der Waals surface area contributed by atoms with Gasteiger partial charge >= 0.3 is 0 Å². The van der Waals surface area contributed by atoms with E-state index < -0.39 is 33.5 Å². The van der Waals surface area contributed by atoms with Gasteiger partial charge in [-0.15, -0.1) is 0 Å². The number of rotatable bonds is 10. The maximum absolute atomic E-state index is 16.0. The summed E-state index contributed by atoms with van der Waals surface area (Å²) in [6.07, 6.45) is 4.12. The van der Waals surface area contributed by atoms with Crippen LogP contribution in [-0.2, 0) is 20.7 Å². The van der Waals surface area contributed by atoms with E-state index in [4.69, 9.17) is 10.5 Å². The summed E-state index contributed by atoms with van der Waals surface area (Å²) >= 11 is 3.22. The average Bonchev–Trinajstić information content (AvgIpc) is 3.13. The molecule has 7 nitrogen and oxygen atoms in total. The molecule has 4 rings (SSSR count). The van der Waals surface area contributed by atoms with Crippen molar-refractivity contribution in [3.8, 4) is 5.75 Å². The summed E-state index contributed by atoms with van der Waals surface area (Å²) in [7, 11) is -4.48. The quantitative estimate of drug-likeness (QED) is 0.390. The monoisotopic (exact) mass is 599 g/mol. The van der Waals surface area contributed by atoms with Gasteiger partial charge in [0.1, 0.15) is 5.75 Å². The molecule has 0 saturated carbocycles. The fourth-order valence-electron chi connectivity index (χ4n) is 5.12. The van der Waals surface area contributed by atoms with E-state index in [9.17, 15) is 13.2 Å². The molecule has 11 heteroatoms. The highest BCUT2D eigenvalue weighted by atomic mass is 79.9. The summed E-state index contributed by atoms with van der Waals surface area (Å²) in [5.41, 5.74) is 5.64. The Bertz CT molecular complexity index is 1180. The second-order valence-electron chi connectivity index (χ2n) is 9.72. The molecule has 0 radical (unpaired) electrons. The van der Waals surface area contributed by atoms with Crippen molar-refractivity contribution in [1.29, 1.82) is 0 Å². The number of fused-ring (bicyclic) bond motifs is 2. The first kappa shape index (κ1) is 27.9. The minimum absolute atomic E-state index is 0.110. The summed E-state index contributed by atoms with van der Waals surface area (Å²) in [5.74, 6) is -4.27. The summed E-state index contributed by atoms with van der Waals surface area (Å²) in [6.45, 7) is 2.51. The molecule has 1 amide bonds. The Morgan fingerprint density at radius 1 is 1.14 bits per heavy atom. The highest BCUT2D eigenvalue weighted by Crippen LogP contribution is 2.40. The van der Waals surface area contributed by atoms with E-state index in [1.54, 1.807) is 0 Å². The number of nitrogens with one attached hydrogen (secondary N) is 1. The predicted octanol–water partition coefficient (Wildman–Crippen LogP) is 4.55. The van der Waals surface area contributed by atoms with Gasteiger partial charge < -0.3 is 15.4 Å². The minimum atomic E-state index is -4.48. The van der Waals surface area contributed by atoms with Gasteiger partial charge in [-0.2, -0.15) is 13.5 Å². The van der Waals surface area contributed by atoms with Crippen molar-refractivity contribution < 1.29 is 26.7 Å². The van der Waals surface area contributed by atoms with Gasteiger partial charge in [0.05, 0.1) is 11.5 Å². The second kappa shape index (κ2) is 11.3. The second-order valence-corrected chi connectivity index (χ2v) is 12.3. The molecule has 2 saturated heterocycles. The lowest BCUT2D eigenvalue weighted by molar-refractivity contribution is -0.149. The van der Waals surface area contributed by atoms with E-state index in [1.165, 1.54) is 53.4 Å². The van der Waals surface area contributed by atoms with Crippen LogP contribution in [0.1, 0.15) is 51.0 Å². The van der Waals surface area contributed by atoms with Crippen molar-refractivity contribution in [3.05, 3.63) is 58.6 Å². The third kappa shape index (κ3) is 6.16. The number of nitrogens with zero attached hydrogens (tertiary/aromatic N) is 1. The van der Waals surface area contributed by atoms with Crippen LogP contribution in [0.15, 0.2) is 57.9 Å². The normalized spacial score (nSPS) is 22.6. The Hall–Kier alpha value is -2.08. The molecule has 202 valence electrons. The number of unbranched alkanes of at least 4 members (excludes halogenated alkanes) is 1. The zero-order chi connectivity index (χ0) is 26.8. The van der Waals surface area contributed by atoms with Gasteiger partial charge in [0.2, 0.25) is 15.9 Å². The van der Waals surface area contributed by atoms with Gasteiger partial charge in [-0.3, -0.25) is 4.79 Å². The zero-order valence-electron chi connectivity index (χ0n) is 20.6. The molecule has 2 fully saturated rings. The number of ether oxygens (including phenoxy) is 1. The third-order valence-electron chi connectivity index (χ3n) is 7.04. The Morgan fingerprint density at radius 3 is 2.30 bits per heavy atom. The maximum atomic E-state index is 16.0. The van der Waals surface area contributed by atoms with E-state index in [0.717, 1.165) is 12.8 Å². The smallest absolute Gasteiger partial charge is 0.298 e. The number of benzene rings is 2. The van der Waals surface area contributed by atoms with Crippen molar-refractivity contribution in [2.24, 2.45) is 5.73 Å². The van der Waals surface area contributed by atoms with Crippen LogP contribution in [0.4, 0.5) is 8.78 Å². The number of hydrogen-bond donors (Lipinski definition) is 2. The predicted molar refractivity (Wildman–Crippen MR) is 140 cm³/mol. The highest BCUT2D eigenvalue weighted by Gasteiger charge is 2.53. The van der Waals surface area contributed by atoms with Crippen molar-refractivity contribution in [1.82, 2.24) is 9.62 Å². The lowest BCUT2D eigenvalue weighted by atomic mass is 9.95. The number of carbonyl (C=O) groups excluding carboxylic acids is 1. The average molecular weight is 601 g/mol. The highest BCUT2D eigenvalue weighted by molar-refractivity contribution is 9.10. The summed E-state index contributed by atoms with van der Waals surface area (Å²) in [5, 5.41) is 0. The largest absolute Gasteiger partial charge is 0.494 e. The van der Waals surface area contributed by atoms with Crippen molar-refractivity contribution in [2.45, 2.75) is 80.4 Å². The minimum Gasteiger partial charge on any atom is -0.494 e. The zero-order valence-corrected chi connectivity index (χ0v) is 23.0. The van der Waals surface area contributed by atoms with Crippen LogP contribution in [-0.4, -0.2) is 50.0 Å². The van der Waals surface area contributed by atoms with E-state index in [-0.39, 0.29) is 23.0 Å². The SMILES string of the molecule is CCCCOc1ccc(S(=O)(=O)N[C@@H](C(=O)N2C3CCC2CC(N)C3)C(F)(F)c2ccc(Br)cc2)cc1. The molecule has 2 aromatic carbocycles. The van der Waals surface area contributed by atoms with Crippen molar-refractivity contribution in [3.63, 3.8) is 0 Å². The molecule has 3 atom stereocenters.